The summed E-state index contributed by atoms with van der Waals surface area (Å²) in [4.78, 5) is 11.5. The van der Waals surface area contributed by atoms with Crippen molar-refractivity contribution in [2.75, 3.05) is 12.3 Å². The lowest BCUT2D eigenvalue weighted by molar-refractivity contribution is -0.130. The Morgan fingerprint density at radius 3 is 3.27 bits per heavy atom. The molecular formula is C9H14N4O2. The molecule has 1 aliphatic heterocycles. The number of ether oxygens (including phenoxy) is 1. The number of aromatic amines is 1. The lowest BCUT2D eigenvalue weighted by atomic mass is 10.2. The van der Waals surface area contributed by atoms with E-state index < -0.39 is 0 Å². The summed E-state index contributed by atoms with van der Waals surface area (Å²) >= 11 is 0. The molecule has 2 rings (SSSR count). The molecule has 4 N–H and O–H groups in total. The predicted molar refractivity (Wildman–Crippen MR) is 53.8 cm³/mol. The van der Waals surface area contributed by atoms with Crippen molar-refractivity contribution >= 4 is 11.7 Å². The minimum Gasteiger partial charge on any atom is -0.384 e. The molecule has 0 spiro atoms. The topological polar surface area (TPSA) is 93.0 Å². The van der Waals surface area contributed by atoms with Crippen LogP contribution in [0.2, 0.25) is 0 Å². The van der Waals surface area contributed by atoms with Crippen molar-refractivity contribution in [3.8, 4) is 0 Å². The van der Waals surface area contributed by atoms with Crippen LogP contribution >= 0.6 is 0 Å². The van der Waals surface area contributed by atoms with Crippen molar-refractivity contribution in [2.24, 2.45) is 0 Å². The molecule has 1 fully saturated rings. The molecular weight excluding hydrogens is 196 g/mol. The maximum atomic E-state index is 11.5. The number of rotatable bonds is 3. The van der Waals surface area contributed by atoms with Gasteiger partial charge in [-0.3, -0.25) is 9.89 Å². The summed E-state index contributed by atoms with van der Waals surface area (Å²) in [5.41, 5.74) is 6.37. The summed E-state index contributed by atoms with van der Waals surface area (Å²) < 4.78 is 5.25. The van der Waals surface area contributed by atoms with Gasteiger partial charge in [0.05, 0.1) is 6.20 Å². The van der Waals surface area contributed by atoms with Crippen molar-refractivity contribution in [2.45, 2.75) is 25.5 Å². The molecule has 0 bridgehead atoms. The van der Waals surface area contributed by atoms with Gasteiger partial charge in [0, 0.05) is 18.7 Å². The van der Waals surface area contributed by atoms with E-state index in [4.69, 9.17) is 10.5 Å². The number of nitrogens with one attached hydrogen (secondary N) is 2. The molecule has 2 heterocycles. The van der Waals surface area contributed by atoms with E-state index in [-0.39, 0.29) is 12.0 Å². The highest BCUT2D eigenvalue weighted by molar-refractivity contribution is 5.81. The van der Waals surface area contributed by atoms with Gasteiger partial charge in [-0.2, -0.15) is 5.10 Å². The number of nitrogens with zero attached hydrogens (tertiary/aromatic N) is 1. The molecule has 1 aromatic rings. The van der Waals surface area contributed by atoms with Crippen molar-refractivity contribution < 1.29 is 9.53 Å². The molecule has 1 aliphatic rings. The average molecular weight is 210 g/mol. The fraction of sp³-hybridized carbons (Fsp3) is 0.556. The summed E-state index contributed by atoms with van der Waals surface area (Å²) in [6, 6.07) is 0. The molecule has 1 saturated heterocycles. The zero-order chi connectivity index (χ0) is 10.7. The van der Waals surface area contributed by atoms with Crippen LogP contribution in [0.15, 0.2) is 6.20 Å². The summed E-state index contributed by atoms with van der Waals surface area (Å²) in [6.07, 6.45) is 3.06. The predicted octanol–water partition coefficient (Wildman–Crippen LogP) is -0.213. The van der Waals surface area contributed by atoms with Crippen molar-refractivity contribution in [3.63, 3.8) is 0 Å². The molecule has 0 aliphatic carbocycles. The van der Waals surface area contributed by atoms with Gasteiger partial charge >= 0.3 is 0 Å². The molecule has 0 radical (unpaired) electrons. The highest BCUT2D eigenvalue weighted by atomic mass is 16.5. The molecule has 82 valence electrons. The first-order chi connectivity index (χ1) is 7.27. The van der Waals surface area contributed by atoms with E-state index in [2.05, 4.69) is 15.5 Å². The number of nitrogens with two attached hydrogens (primary N) is 1. The molecule has 1 amide bonds. The number of aromatic nitrogens is 2. The van der Waals surface area contributed by atoms with Gasteiger partial charge in [0.1, 0.15) is 11.9 Å². The van der Waals surface area contributed by atoms with Crippen LogP contribution in [0.1, 0.15) is 18.4 Å². The van der Waals surface area contributed by atoms with Crippen LogP contribution in [-0.4, -0.2) is 28.8 Å². The Balaban J connectivity index is 1.83. The SMILES string of the molecule is Nc1[nH]ncc1CNC(=O)C1CCCO1. The molecule has 0 saturated carbocycles. The first-order valence-electron chi connectivity index (χ1n) is 4.94. The number of amides is 1. The minimum absolute atomic E-state index is 0.0758. The lowest BCUT2D eigenvalue weighted by Gasteiger charge is -2.09. The van der Waals surface area contributed by atoms with Gasteiger partial charge in [0.2, 0.25) is 5.91 Å². The first-order valence-corrected chi connectivity index (χ1v) is 4.94. The third-order valence-corrected chi connectivity index (χ3v) is 2.43. The summed E-state index contributed by atoms with van der Waals surface area (Å²) in [7, 11) is 0. The van der Waals surface area contributed by atoms with E-state index in [1.165, 1.54) is 0 Å². The largest absolute Gasteiger partial charge is 0.384 e. The minimum atomic E-state index is -0.293. The second kappa shape index (κ2) is 4.31. The van der Waals surface area contributed by atoms with Crippen molar-refractivity contribution in [1.82, 2.24) is 15.5 Å². The van der Waals surface area contributed by atoms with Gasteiger partial charge in [-0.1, -0.05) is 0 Å². The van der Waals surface area contributed by atoms with Gasteiger partial charge in [-0.05, 0) is 12.8 Å². The number of hydrogen-bond donors (Lipinski definition) is 3. The normalized spacial score (nSPS) is 20.4. The highest BCUT2D eigenvalue weighted by Crippen LogP contribution is 2.12. The Morgan fingerprint density at radius 2 is 2.67 bits per heavy atom. The fourth-order valence-electron chi connectivity index (χ4n) is 1.54. The van der Waals surface area contributed by atoms with Gasteiger partial charge in [-0.15, -0.1) is 0 Å². The Hall–Kier alpha value is -1.56. The highest BCUT2D eigenvalue weighted by Gasteiger charge is 2.23. The summed E-state index contributed by atoms with van der Waals surface area (Å²) in [5, 5.41) is 9.14. The van der Waals surface area contributed by atoms with Crippen LogP contribution in [0.3, 0.4) is 0 Å². The number of hydrogen-bond acceptors (Lipinski definition) is 4. The van der Waals surface area contributed by atoms with Crippen molar-refractivity contribution in [3.05, 3.63) is 11.8 Å². The zero-order valence-corrected chi connectivity index (χ0v) is 8.32. The number of nitrogen functional groups attached to an aromatic ring is 1. The molecule has 6 heteroatoms. The maximum absolute atomic E-state index is 11.5. The van der Waals surface area contributed by atoms with E-state index in [9.17, 15) is 4.79 Å². The maximum Gasteiger partial charge on any atom is 0.249 e. The summed E-state index contributed by atoms with van der Waals surface area (Å²) in [5.74, 6) is 0.413. The van der Waals surface area contributed by atoms with Gasteiger partial charge < -0.3 is 15.8 Å². The third kappa shape index (κ3) is 2.27. The van der Waals surface area contributed by atoms with Crippen molar-refractivity contribution in [1.29, 1.82) is 0 Å². The van der Waals surface area contributed by atoms with Crippen LogP contribution in [0.25, 0.3) is 0 Å². The number of carbonyl (C=O) groups is 1. The molecule has 1 unspecified atom stereocenters. The van der Waals surface area contributed by atoms with E-state index in [0.717, 1.165) is 18.4 Å². The quantitative estimate of drug-likeness (QED) is 0.643. The first kappa shape index (κ1) is 9.97. The molecule has 15 heavy (non-hydrogen) atoms. The van der Waals surface area contributed by atoms with Gasteiger partial charge in [0.25, 0.3) is 0 Å². The van der Waals surface area contributed by atoms with Crippen LogP contribution in [0.4, 0.5) is 5.82 Å². The lowest BCUT2D eigenvalue weighted by Crippen LogP contribution is -2.33. The Bertz CT molecular complexity index is 344. The standard InChI is InChI=1S/C9H14N4O2/c10-8-6(5-12-13-8)4-11-9(14)7-2-1-3-15-7/h5,7H,1-4H2,(H,11,14)(H3,10,12,13). The number of H-pyrrole nitrogens is 1. The van der Waals surface area contributed by atoms with Crippen LogP contribution < -0.4 is 11.1 Å². The van der Waals surface area contributed by atoms with Crippen LogP contribution in [-0.2, 0) is 16.1 Å². The molecule has 0 aromatic carbocycles. The van der Waals surface area contributed by atoms with E-state index >= 15 is 0 Å². The number of anilines is 1. The molecule has 6 nitrogen and oxygen atoms in total. The zero-order valence-electron chi connectivity index (χ0n) is 8.32. The third-order valence-electron chi connectivity index (χ3n) is 2.43. The Kier molecular flexibility index (Phi) is 2.86. The second-order valence-electron chi connectivity index (χ2n) is 3.53. The molecule has 1 atom stereocenters. The molecule has 1 aromatic heterocycles. The smallest absolute Gasteiger partial charge is 0.249 e. The average Bonchev–Trinajstić information content (AvgIpc) is 2.85. The second-order valence-corrected chi connectivity index (χ2v) is 3.53. The van der Waals surface area contributed by atoms with E-state index in [1.54, 1.807) is 6.20 Å². The van der Waals surface area contributed by atoms with E-state index in [0.29, 0.717) is 19.0 Å². The Morgan fingerprint density at radius 1 is 1.80 bits per heavy atom. The van der Waals surface area contributed by atoms with E-state index in [1.807, 2.05) is 0 Å². The Labute approximate surface area is 87.2 Å². The van der Waals surface area contributed by atoms with Crippen LogP contribution in [0, 0.1) is 0 Å². The van der Waals surface area contributed by atoms with Gasteiger partial charge in [-0.25, -0.2) is 0 Å². The van der Waals surface area contributed by atoms with Crippen LogP contribution in [0.5, 0.6) is 0 Å². The number of carbonyl (C=O) groups excluding carboxylic acids is 1. The summed E-state index contributed by atoms with van der Waals surface area (Å²) in [6.45, 7) is 1.06. The fourth-order valence-corrected chi connectivity index (χ4v) is 1.54. The van der Waals surface area contributed by atoms with Gasteiger partial charge in [0.15, 0.2) is 0 Å². The monoisotopic (exact) mass is 210 g/mol.